The molecule has 0 heterocycles. The summed E-state index contributed by atoms with van der Waals surface area (Å²) in [5.41, 5.74) is 2.97. The van der Waals surface area contributed by atoms with Crippen LogP contribution in [0.4, 0.5) is 10.5 Å². The van der Waals surface area contributed by atoms with E-state index in [-0.39, 0.29) is 41.1 Å². The molecule has 3 aromatic carbocycles. The lowest BCUT2D eigenvalue weighted by molar-refractivity contribution is -0.137. The summed E-state index contributed by atoms with van der Waals surface area (Å²) in [6.45, 7) is 18.2. The SMILES string of the molecule is CCC(C)(C)c1ccc(OCCCNC(=O)c2cc(SCCCC(=O)O)c3c(NC(=O)OCC(C)C)cccc3c2O)c(C(C)(C)CC)c1. The molecule has 0 fully saturated rings. The third-order valence-electron chi connectivity index (χ3n) is 9.04. The van der Waals surface area contributed by atoms with Gasteiger partial charge in [-0.2, -0.15) is 0 Å². The van der Waals surface area contributed by atoms with Gasteiger partial charge in [0.05, 0.1) is 24.5 Å². The lowest BCUT2D eigenvalue weighted by Gasteiger charge is -2.30. The minimum atomic E-state index is -0.891. The van der Waals surface area contributed by atoms with Crippen molar-refractivity contribution >= 4 is 46.2 Å². The Labute approximate surface area is 295 Å². The van der Waals surface area contributed by atoms with E-state index in [4.69, 9.17) is 14.6 Å². The quantitative estimate of drug-likeness (QED) is 0.0765. The van der Waals surface area contributed by atoms with Crippen molar-refractivity contribution in [1.82, 2.24) is 5.32 Å². The molecule has 2 amide bonds. The van der Waals surface area contributed by atoms with Gasteiger partial charge in [0.2, 0.25) is 0 Å². The van der Waals surface area contributed by atoms with Crippen molar-refractivity contribution in [3.63, 3.8) is 0 Å². The Hall–Kier alpha value is -3.92. The minimum Gasteiger partial charge on any atom is -0.506 e. The number of carbonyl (C=O) groups excluding carboxylic acids is 2. The van der Waals surface area contributed by atoms with E-state index in [1.54, 1.807) is 24.3 Å². The number of anilines is 1. The van der Waals surface area contributed by atoms with Crippen LogP contribution in [0.3, 0.4) is 0 Å². The van der Waals surface area contributed by atoms with Crippen molar-refractivity contribution in [3.8, 4) is 11.5 Å². The van der Waals surface area contributed by atoms with Crippen molar-refractivity contribution in [2.24, 2.45) is 5.92 Å². The summed E-state index contributed by atoms with van der Waals surface area (Å²) in [6.07, 6.45) is 2.33. The van der Waals surface area contributed by atoms with E-state index in [9.17, 15) is 19.5 Å². The molecule has 0 bridgehead atoms. The molecule has 4 N–H and O–H groups in total. The predicted molar refractivity (Wildman–Crippen MR) is 199 cm³/mol. The first kappa shape index (κ1) is 39.5. The molecule has 0 aliphatic heterocycles. The Morgan fingerprint density at radius 1 is 0.959 bits per heavy atom. The van der Waals surface area contributed by atoms with E-state index < -0.39 is 18.0 Å². The highest BCUT2D eigenvalue weighted by atomic mass is 32.2. The normalized spacial score (nSPS) is 11.9. The number of amides is 2. The Morgan fingerprint density at radius 3 is 2.33 bits per heavy atom. The lowest BCUT2D eigenvalue weighted by Crippen LogP contribution is -2.26. The predicted octanol–water partition coefficient (Wildman–Crippen LogP) is 9.28. The lowest BCUT2D eigenvalue weighted by atomic mass is 9.76. The number of carbonyl (C=O) groups is 3. The topological polar surface area (TPSA) is 134 Å². The van der Waals surface area contributed by atoms with Gasteiger partial charge in [-0.05, 0) is 71.9 Å². The second-order valence-electron chi connectivity index (χ2n) is 14.1. The fraction of sp³-hybridized carbons (Fsp3) is 0.513. The molecule has 9 nitrogen and oxygen atoms in total. The molecule has 0 saturated heterocycles. The summed E-state index contributed by atoms with van der Waals surface area (Å²) in [5, 5.41) is 27.0. The van der Waals surface area contributed by atoms with Crippen LogP contribution in [-0.2, 0) is 20.4 Å². The Kier molecular flexibility index (Phi) is 14.2. The van der Waals surface area contributed by atoms with E-state index in [1.165, 1.54) is 22.9 Å². The number of fused-ring (bicyclic) bond motifs is 1. The second kappa shape index (κ2) is 17.7. The Balaban J connectivity index is 1.78. The zero-order valence-corrected chi connectivity index (χ0v) is 31.1. The highest BCUT2D eigenvalue weighted by Gasteiger charge is 2.27. The maximum atomic E-state index is 13.4. The third-order valence-corrected chi connectivity index (χ3v) is 10.2. The van der Waals surface area contributed by atoms with E-state index in [0.717, 1.165) is 18.6 Å². The van der Waals surface area contributed by atoms with E-state index in [1.807, 2.05) is 13.8 Å². The van der Waals surface area contributed by atoms with Crippen molar-refractivity contribution in [2.45, 2.75) is 103 Å². The van der Waals surface area contributed by atoms with Crippen LogP contribution in [0.2, 0.25) is 0 Å². The summed E-state index contributed by atoms with van der Waals surface area (Å²) < 4.78 is 11.6. The van der Waals surface area contributed by atoms with Crippen LogP contribution >= 0.6 is 11.8 Å². The molecule has 0 aromatic heterocycles. The number of benzene rings is 3. The minimum absolute atomic E-state index is 0.00334. The summed E-state index contributed by atoms with van der Waals surface area (Å²) in [5.74, 6) is -0.0726. The third kappa shape index (κ3) is 10.8. The van der Waals surface area contributed by atoms with Gasteiger partial charge in [-0.25, -0.2) is 4.79 Å². The zero-order chi connectivity index (χ0) is 36.4. The number of aliphatic carboxylic acids is 1. The Bertz CT molecular complexity index is 1620. The number of phenolic OH excluding ortho intramolecular Hbond substituents is 1. The summed E-state index contributed by atoms with van der Waals surface area (Å²) in [7, 11) is 0. The number of carboxylic acids is 1. The van der Waals surface area contributed by atoms with Crippen LogP contribution < -0.4 is 15.4 Å². The molecular weight excluding hydrogens is 641 g/mol. The number of hydrogen-bond acceptors (Lipinski definition) is 7. The number of carboxylic acid groups (broad SMARTS) is 1. The standard InChI is InChI=1S/C39H54N2O7S/c1-9-38(5,6)26-17-18-31(29(22-26)39(7,8)10-2)47-20-13-19-40-36(45)28-23-32(49-21-12-16-33(42)43)34-27(35(28)44)14-11-15-30(34)41-37(46)48-24-25(3)4/h11,14-15,17-18,22-23,25,44H,9-10,12-13,16,19-21,24H2,1-8H3,(H,40,45)(H,41,46)(H,42,43). The summed E-state index contributed by atoms with van der Waals surface area (Å²) in [4.78, 5) is 37.7. The van der Waals surface area contributed by atoms with Crippen LogP contribution in [0.1, 0.15) is 109 Å². The fourth-order valence-electron chi connectivity index (χ4n) is 5.17. The maximum Gasteiger partial charge on any atom is 0.411 e. The molecule has 0 unspecified atom stereocenters. The molecule has 0 saturated carbocycles. The molecule has 0 aliphatic carbocycles. The molecule has 3 aromatic rings. The fourth-order valence-corrected chi connectivity index (χ4v) is 6.24. The smallest absolute Gasteiger partial charge is 0.411 e. The second-order valence-corrected chi connectivity index (χ2v) is 15.2. The first-order chi connectivity index (χ1) is 23.1. The average molecular weight is 695 g/mol. The van der Waals surface area contributed by atoms with E-state index in [0.29, 0.717) is 53.1 Å². The van der Waals surface area contributed by atoms with Crippen LogP contribution in [0.15, 0.2) is 47.4 Å². The molecule has 0 atom stereocenters. The van der Waals surface area contributed by atoms with Crippen molar-refractivity contribution in [2.75, 3.05) is 30.8 Å². The number of rotatable bonds is 18. The first-order valence-electron chi connectivity index (χ1n) is 17.2. The zero-order valence-electron chi connectivity index (χ0n) is 30.3. The summed E-state index contributed by atoms with van der Waals surface area (Å²) >= 11 is 1.36. The van der Waals surface area contributed by atoms with Crippen LogP contribution in [0.25, 0.3) is 10.8 Å². The first-order valence-corrected chi connectivity index (χ1v) is 18.2. The van der Waals surface area contributed by atoms with Gasteiger partial charge in [0.1, 0.15) is 11.5 Å². The number of ether oxygens (including phenoxy) is 2. The van der Waals surface area contributed by atoms with E-state index >= 15 is 0 Å². The van der Waals surface area contributed by atoms with Crippen molar-refractivity contribution < 1.29 is 34.1 Å². The maximum absolute atomic E-state index is 13.4. The number of hydrogen-bond donors (Lipinski definition) is 4. The summed E-state index contributed by atoms with van der Waals surface area (Å²) in [6, 6.07) is 13.1. The van der Waals surface area contributed by atoms with Gasteiger partial charge in [0.15, 0.2) is 0 Å². The number of nitrogens with one attached hydrogen (secondary N) is 2. The number of phenols is 1. The van der Waals surface area contributed by atoms with Gasteiger partial charge in [0, 0.05) is 34.2 Å². The van der Waals surface area contributed by atoms with Crippen LogP contribution in [0.5, 0.6) is 11.5 Å². The Morgan fingerprint density at radius 2 is 1.67 bits per heavy atom. The molecule has 0 aliphatic rings. The van der Waals surface area contributed by atoms with Crippen molar-refractivity contribution in [1.29, 1.82) is 0 Å². The largest absolute Gasteiger partial charge is 0.506 e. The van der Waals surface area contributed by atoms with Gasteiger partial charge < -0.3 is 25.0 Å². The van der Waals surface area contributed by atoms with Crippen LogP contribution in [0, 0.1) is 5.92 Å². The highest BCUT2D eigenvalue weighted by molar-refractivity contribution is 7.99. The monoisotopic (exact) mass is 694 g/mol. The van der Waals surface area contributed by atoms with Gasteiger partial charge in [-0.3, -0.25) is 14.9 Å². The molecule has 10 heteroatoms. The van der Waals surface area contributed by atoms with Gasteiger partial charge in [-0.15, -0.1) is 11.8 Å². The van der Waals surface area contributed by atoms with E-state index in [2.05, 4.69) is 70.4 Å². The van der Waals surface area contributed by atoms with Gasteiger partial charge in [-0.1, -0.05) is 79.7 Å². The highest BCUT2D eigenvalue weighted by Crippen LogP contribution is 2.41. The molecule has 49 heavy (non-hydrogen) atoms. The van der Waals surface area contributed by atoms with Crippen LogP contribution in [-0.4, -0.2) is 53.7 Å². The number of aromatic hydroxyl groups is 1. The molecule has 3 rings (SSSR count). The molecule has 0 spiro atoms. The molecular formula is C39H54N2O7S. The van der Waals surface area contributed by atoms with Gasteiger partial charge in [0.25, 0.3) is 5.91 Å². The molecule has 268 valence electrons. The van der Waals surface area contributed by atoms with Gasteiger partial charge >= 0.3 is 12.1 Å². The average Bonchev–Trinajstić information content (AvgIpc) is 3.06. The molecule has 0 radical (unpaired) electrons. The number of thioether (sulfide) groups is 1. The van der Waals surface area contributed by atoms with Crippen molar-refractivity contribution in [3.05, 3.63) is 59.2 Å².